The van der Waals surface area contributed by atoms with E-state index in [1.165, 1.54) is 6.92 Å². The van der Waals surface area contributed by atoms with Gasteiger partial charge in [-0.2, -0.15) is 0 Å². The summed E-state index contributed by atoms with van der Waals surface area (Å²) < 4.78 is 22.1. The first kappa shape index (κ1) is 24.1. The quantitative estimate of drug-likeness (QED) is 0.199. The number of allylic oxidation sites excluding steroid dienone is 1. The van der Waals surface area contributed by atoms with Gasteiger partial charge in [0.25, 0.3) is 0 Å². The summed E-state index contributed by atoms with van der Waals surface area (Å²) in [6.07, 6.45) is 1.57. The molecular formula is C27H27NO7. The Kier molecular flexibility index (Phi) is 6.91. The molecule has 3 aromatic rings. The van der Waals surface area contributed by atoms with Gasteiger partial charge in [0.1, 0.15) is 0 Å². The molecule has 4 rings (SSSR count). The number of carbonyl (C=O) groups excluding carboxylic acids is 3. The van der Waals surface area contributed by atoms with E-state index in [2.05, 4.69) is 0 Å². The Morgan fingerprint density at radius 3 is 2.46 bits per heavy atom. The van der Waals surface area contributed by atoms with E-state index in [1.807, 2.05) is 20.8 Å². The monoisotopic (exact) mass is 477 g/mol. The van der Waals surface area contributed by atoms with Crippen LogP contribution in [-0.2, 0) is 16.0 Å². The maximum absolute atomic E-state index is 12.7. The van der Waals surface area contributed by atoms with Crippen LogP contribution in [0.3, 0.4) is 0 Å². The number of Topliss-reactive ketones (excluding diaryl/α,β-unsaturated/α-hetero) is 1. The molecule has 1 aliphatic heterocycles. The number of carbonyl (C=O) groups is 3. The third-order valence-corrected chi connectivity index (χ3v) is 5.84. The highest BCUT2D eigenvalue weighted by molar-refractivity contribution is 6.04. The molecule has 0 saturated carbocycles. The van der Waals surface area contributed by atoms with Gasteiger partial charge in [-0.15, -0.1) is 0 Å². The van der Waals surface area contributed by atoms with E-state index in [0.717, 1.165) is 0 Å². The summed E-state index contributed by atoms with van der Waals surface area (Å²) in [4.78, 5) is 39.0. The highest BCUT2D eigenvalue weighted by Gasteiger charge is 2.20. The Bertz CT molecular complexity index is 1330. The van der Waals surface area contributed by atoms with E-state index in [-0.39, 0.29) is 42.0 Å². The van der Waals surface area contributed by atoms with Crippen LogP contribution in [0.5, 0.6) is 17.2 Å². The van der Waals surface area contributed by atoms with E-state index in [1.54, 1.807) is 47.4 Å². The zero-order valence-corrected chi connectivity index (χ0v) is 20.2. The molecular weight excluding hydrogens is 450 g/mol. The molecule has 0 N–H and O–H groups in total. The maximum Gasteiger partial charge on any atom is 0.315 e. The van der Waals surface area contributed by atoms with Crippen LogP contribution < -0.4 is 14.2 Å². The number of amides is 1. The van der Waals surface area contributed by atoms with E-state index in [0.29, 0.717) is 46.7 Å². The van der Waals surface area contributed by atoms with Gasteiger partial charge in [-0.05, 0) is 61.7 Å². The molecule has 0 saturated heterocycles. The van der Waals surface area contributed by atoms with Crippen LogP contribution in [0.2, 0.25) is 0 Å². The number of fused-ring (bicyclic) bond motifs is 2. The summed E-state index contributed by atoms with van der Waals surface area (Å²) in [6.45, 7) is 8.42. The molecule has 8 nitrogen and oxygen atoms in total. The van der Waals surface area contributed by atoms with Crippen molar-refractivity contribution in [3.05, 3.63) is 59.4 Å². The molecule has 1 amide bonds. The van der Waals surface area contributed by atoms with Crippen LogP contribution in [-0.4, -0.2) is 42.4 Å². The van der Waals surface area contributed by atoms with Crippen molar-refractivity contribution in [1.82, 2.24) is 4.90 Å². The molecule has 2 heterocycles. The van der Waals surface area contributed by atoms with Crippen LogP contribution in [0.1, 0.15) is 49.4 Å². The fraction of sp³-hybridized carbons (Fsp3) is 0.296. The molecule has 0 radical (unpaired) electrons. The van der Waals surface area contributed by atoms with E-state index < -0.39 is 5.97 Å². The molecule has 0 spiro atoms. The second-order valence-corrected chi connectivity index (χ2v) is 8.20. The molecule has 0 atom stereocenters. The van der Waals surface area contributed by atoms with Gasteiger partial charge in [0.2, 0.25) is 12.7 Å². The van der Waals surface area contributed by atoms with Gasteiger partial charge in [-0.1, -0.05) is 12.1 Å². The smallest absolute Gasteiger partial charge is 0.315 e. The normalized spacial score (nSPS) is 12.6. The lowest BCUT2D eigenvalue weighted by atomic mass is 10.0. The first-order valence-electron chi connectivity index (χ1n) is 11.4. The summed E-state index contributed by atoms with van der Waals surface area (Å²) in [5.74, 6) is 0.701. The van der Waals surface area contributed by atoms with Crippen molar-refractivity contribution in [3.63, 3.8) is 0 Å². The van der Waals surface area contributed by atoms with Gasteiger partial charge in [-0.25, -0.2) is 0 Å². The minimum absolute atomic E-state index is 0.0114. The number of nitrogens with zero attached hydrogens (tertiary/aromatic N) is 1. The van der Waals surface area contributed by atoms with Crippen LogP contribution in [0, 0.1) is 0 Å². The van der Waals surface area contributed by atoms with E-state index in [9.17, 15) is 14.4 Å². The van der Waals surface area contributed by atoms with Crippen molar-refractivity contribution in [2.24, 2.45) is 0 Å². The summed E-state index contributed by atoms with van der Waals surface area (Å²) in [5.41, 5.74) is 2.41. The predicted octanol–water partition coefficient (Wildman–Crippen LogP) is 4.78. The fourth-order valence-corrected chi connectivity index (χ4v) is 3.96. The largest absolute Gasteiger partial charge is 0.454 e. The molecule has 1 aromatic heterocycles. The Labute approximate surface area is 203 Å². The standard InChI is InChI=1S/C27H27NO7/c1-5-28(6-2)25(30)11-16(3)19-8-10-22(27-20(19)14-23(35-27)17(4)29)34-26(31)13-18-7-9-21-24(12-18)33-15-32-21/h7-12,14H,5-6,13,15H2,1-4H3/b16-11+. The average molecular weight is 478 g/mol. The van der Waals surface area contributed by atoms with Crippen molar-refractivity contribution in [2.75, 3.05) is 19.9 Å². The zero-order chi connectivity index (χ0) is 25.1. The number of esters is 1. The van der Waals surface area contributed by atoms with Crippen molar-refractivity contribution in [2.45, 2.75) is 34.1 Å². The molecule has 1 aliphatic rings. The lowest BCUT2D eigenvalue weighted by Gasteiger charge is -2.17. The Morgan fingerprint density at radius 2 is 1.74 bits per heavy atom. The summed E-state index contributed by atoms with van der Waals surface area (Å²) in [7, 11) is 0. The highest BCUT2D eigenvalue weighted by Crippen LogP contribution is 2.36. The Hall–Kier alpha value is -4.07. The minimum atomic E-state index is -0.498. The van der Waals surface area contributed by atoms with Crippen LogP contribution in [0.25, 0.3) is 16.5 Å². The SMILES string of the molecule is CCN(CC)C(=O)/C=C(\C)c1ccc(OC(=O)Cc2ccc3c(c2)OCO3)c2oc(C(C)=O)cc12. The predicted molar refractivity (Wildman–Crippen MR) is 130 cm³/mol. The number of likely N-dealkylation sites (N-methyl/N-ethyl adjacent to an activating group) is 1. The molecule has 182 valence electrons. The Morgan fingerprint density at radius 1 is 1.00 bits per heavy atom. The second-order valence-electron chi connectivity index (χ2n) is 8.20. The van der Waals surface area contributed by atoms with Gasteiger partial charge in [0.15, 0.2) is 34.4 Å². The van der Waals surface area contributed by atoms with E-state index in [4.69, 9.17) is 18.6 Å². The Balaban J connectivity index is 1.63. The number of rotatable bonds is 8. The van der Waals surface area contributed by atoms with Gasteiger partial charge in [0, 0.05) is 31.5 Å². The van der Waals surface area contributed by atoms with Crippen LogP contribution in [0.4, 0.5) is 0 Å². The second kappa shape index (κ2) is 10.0. The number of ether oxygens (including phenoxy) is 3. The van der Waals surface area contributed by atoms with Crippen LogP contribution in [0.15, 0.2) is 46.9 Å². The number of ketones is 1. The first-order valence-corrected chi connectivity index (χ1v) is 11.4. The molecule has 35 heavy (non-hydrogen) atoms. The number of hydrogen-bond donors (Lipinski definition) is 0. The molecule has 0 aliphatic carbocycles. The van der Waals surface area contributed by atoms with Crippen molar-refractivity contribution < 1.29 is 33.0 Å². The minimum Gasteiger partial charge on any atom is -0.454 e. The zero-order valence-electron chi connectivity index (χ0n) is 20.2. The first-order chi connectivity index (χ1) is 16.8. The summed E-state index contributed by atoms with van der Waals surface area (Å²) >= 11 is 0. The average Bonchev–Trinajstić information content (AvgIpc) is 3.47. The summed E-state index contributed by atoms with van der Waals surface area (Å²) in [6, 6.07) is 10.2. The number of benzene rings is 2. The van der Waals surface area contributed by atoms with Crippen molar-refractivity contribution in [1.29, 1.82) is 0 Å². The number of hydrogen-bond acceptors (Lipinski definition) is 7. The topological polar surface area (TPSA) is 95.3 Å². The maximum atomic E-state index is 12.7. The third-order valence-electron chi connectivity index (χ3n) is 5.84. The summed E-state index contributed by atoms with van der Waals surface area (Å²) in [5, 5.41) is 0.588. The highest BCUT2D eigenvalue weighted by atomic mass is 16.7. The van der Waals surface area contributed by atoms with Gasteiger partial charge < -0.3 is 23.5 Å². The lowest BCUT2D eigenvalue weighted by Crippen LogP contribution is -2.28. The van der Waals surface area contributed by atoms with Crippen molar-refractivity contribution >= 4 is 34.2 Å². The van der Waals surface area contributed by atoms with Gasteiger partial charge in [0.05, 0.1) is 6.42 Å². The molecule has 8 heteroatoms. The van der Waals surface area contributed by atoms with E-state index >= 15 is 0 Å². The molecule has 0 unspecified atom stereocenters. The fourth-order valence-electron chi connectivity index (χ4n) is 3.96. The molecule has 0 bridgehead atoms. The third kappa shape index (κ3) is 5.06. The van der Waals surface area contributed by atoms with Gasteiger partial charge >= 0.3 is 5.97 Å². The van der Waals surface area contributed by atoms with Crippen molar-refractivity contribution in [3.8, 4) is 17.2 Å². The lowest BCUT2D eigenvalue weighted by molar-refractivity contribution is -0.133. The number of furan rings is 1. The molecule has 2 aromatic carbocycles. The van der Waals surface area contributed by atoms with Gasteiger partial charge in [-0.3, -0.25) is 14.4 Å². The molecule has 0 fully saturated rings. The van der Waals surface area contributed by atoms with Crippen LogP contribution >= 0.6 is 0 Å².